The predicted molar refractivity (Wildman–Crippen MR) is 117 cm³/mol. The van der Waals surface area contributed by atoms with Crippen molar-refractivity contribution in [1.29, 1.82) is 0 Å². The number of aromatic nitrogens is 4. The van der Waals surface area contributed by atoms with Crippen molar-refractivity contribution in [2.75, 3.05) is 64.1 Å². The number of nitrogens with one attached hydrogen (secondary N) is 1. The second kappa shape index (κ2) is 9.17. The summed E-state index contributed by atoms with van der Waals surface area (Å²) in [6, 6.07) is 6.07. The lowest BCUT2D eigenvalue weighted by Gasteiger charge is -2.31. The lowest BCUT2D eigenvalue weighted by molar-refractivity contribution is 0.0332. The van der Waals surface area contributed by atoms with E-state index in [0.29, 0.717) is 32.2 Å². The van der Waals surface area contributed by atoms with Gasteiger partial charge in [-0.2, -0.15) is 5.10 Å². The summed E-state index contributed by atoms with van der Waals surface area (Å²) in [5, 5.41) is 8.26. The van der Waals surface area contributed by atoms with Crippen LogP contribution < -0.4 is 9.64 Å². The van der Waals surface area contributed by atoms with Crippen LogP contribution in [0.2, 0.25) is 0 Å². The number of H-pyrrole nitrogens is 1. The highest BCUT2D eigenvalue weighted by molar-refractivity contribution is 5.92. The smallest absolute Gasteiger partial charge is 0.184 e. The van der Waals surface area contributed by atoms with Gasteiger partial charge < -0.3 is 19.1 Å². The number of rotatable bonds is 6. The maximum absolute atomic E-state index is 6.14. The molecule has 3 aromatic rings. The van der Waals surface area contributed by atoms with E-state index in [2.05, 4.69) is 26.1 Å². The average Bonchev–Trinajstić information content (AvgIpc) is 3.30. The maximum Gasteiger partial charge on any atom is 0.184 e. The number of nitrogens with zero attached hydrogens (tertiary/aromatic N) is 5. The van der Waals surface area contributed by atoms with Gasteiger partial charge in [0.1, 0.15) is 5.69 Å². The van der Waals surface area contributed by atoms with Gasteiger partial charge in [-0.1, -0.05) is 12.1 Å². The fourth-order valence-corrected chi connectivity index (χ4v) is 4.13. The summed E-state index contributed by atoms with van der Waals surface area (Å²) < 4.78 is 17.2. The molecule has 1 N–H and O–H groups in total. The van der Waals surface area contributed by atoms with Crippen LogP contribution in [0.15, 0.2) is 24.4 Å². The van der Waals surface area contributed by atoms with E-state index in [1.807, 2.05) is 25.3 Å². The number of hydrogen-bond donors (Lipinski definition) is 1. The Balaban J connectivity index is 1.63. The van der Waals surface area contributed by atoms with Crippen molar-refractivity contribution in [2.24, 2.45) is 0 Å². The molecule has 2 fully saturated rings. The average molecular weight is 425 g/mol. The first kappa shape index (κ1) is 20.2. The van der Waals surface area contributed by atoms with Gasteiger partial charge in [0.15, 0.2) is 17.4 Å². The maximum atomic E-state index is 6.14. The number of aromatic amines is 1. The minimum absolute atomic E-state index is 0.563. The first-order chi connectivity index (χ1) is 15.3. The summed E-state index contributed by atoms with van der Waals surface area (Å²) in [5.41, 5.74) is 2.85. The van der Waals surface area contributed by atoms with Gasteiger partial charge >= 0.3 is 0 Å². The molecule has 4 heterocycles. The van der Waals surface area contributed by atoms with Crippen molar-refractivity contribution in [1.82, 2.24) is 25.1 Å². The monoisotopic (exact) mass is 424 g/mol. The number of fused-ring (bicyclic) bond motifs is 1. The van der Waals surface area contributed by atoms with Crippen LogP contribution in [0.4, 0.5) is 5.82 Å². The molecule has 2 aromatic heterocycles. The van der Waals surface area contributed by atoms with E-state index < -0.39 is 0 Å². The molecule has 0 unspecified atom stereocenters. The van der Waals surface area contributed by atoms with Gasteiger partial charge in [0.25, 0.3) is 0 Å². The van der Waals surface area contributed by atoms with Crippen molar-refractivity contribution < 1.29 is 14.2 Å². The zero-order valence-electron chi connectivity index (χ0n) is 17.8. The van der Waals surface area contributed by atoms with Crippen molar-refractivity contribution in [3.05, 3.63) is 30.1 Å². The molecule has 0 saturated carbocycles. The minimum Gasteiger partial charge on any atom is -0.488 e. The predicted octanol–water partition coefficient (Wildman–Crippen LogP) is 2.09. The summed E-state index contributed by atoms with van der Waals surface area (Å²) >= 11 is 0. The second-order valence-corrected chi connectivity index (χ2v) is 7.70. The molecule has 0 amide bonds. The van der Waals surface area contributed by atoms with Crippen LogP contribution in [-0.4, -0.2) is 84.3 Å². The Kier molecular flexibility index (Phi) is 5.97. The zero-order valence-corrected chi connectivity index (χ0v) is 17.8. The van der Waals surface area contributed by atoms with Gasteiger partial charge in [-0.15, -0.1) is 0 Å². The third-order valence-electron chi connectivity index (χ3n) is 5.72. The summed E-state index contributed by atoms with van der Waals surface area (Å²) in [5.74, 6) is 2.32. The highest BCUT2D eigenvalue weighted by Crippen LogP contribution is 2.35. The van der Waals surface area contributed by atoms with Gasteiger partial charge in [-0.3, -0.25) is 10.00 Å². The van der Waals surface area contributed by atoms with Crippen molar-refractivity contribution in [3.63, 3.8) is 0 Å². The standard InChI is InChI=1S/C22H28N6O3/c1-2-31-20-19(15-27-6-10-29-11-7-27)24-21(25-22(20)28-8-12-30-13-9-28)16-4-3-5-18-17(16)14-23-26-18/h3-5,14H,2,6-13,15H2,1H3,(H,23,26). The molecule has 2 aliphatic rings. The van der Waals surface area contributed by atoms with E-state index in [4.69, 9.17) is 24.2 Å². The van der Waals surface area contributed by atoms with Gasteiger partial charge in [-0.25, -0.2) is 9.97 Å². The quantitative estimate of drug-likeness (QED) is 0.644. The third-order valence-corrected chi connectivity index (χ3v) is 5.72. The Morgan fingerprint density at radius 2 is 1.81 bits per heavy atom. The molecule has 0 aliphatic carbocycles. The Bertz CT molecular complexity index is 1030. The molecule has 5 rings (SSSR count). The van der Waals surface area contributed by atoms with E-state index in [-0.39, 0.29) is 0 Å². The van der Waals surface area contributed by atoms with E-state index in [9.17, 15) is 0 Å². The van der Waals surface area contributed by atoms with Gasteiger partial charge in [0.05, 0.1) is 44.7 Å². The molecular weight excluding hydrogens is 396 g/mol. The van der Waals surface area contributed by atoms with E-state index in [0.717, 1.165) is 73.1 Å². The Morgan fingerprint density at radius 3 is 2.58 bits per heavy atom. The fourth-order valence-electron chi connectivity index (χ4n) is 4.13. The zero-order chi connectivity index (χ0) is 21.0. The molecule has 2 saturated heterocycles. The van der Waals surface area contributed by atoms with Crippen LogP contribution >= 0.6 is 0 Å². The number of ether oxygens (including phenoxy) is 3. The largest absolute Gasteiger partial charge is 0.488 e. The second-order valence-electron chi connectivity index (χ2n) is 7.70. The summed E-state index contributed by atoms with van der Waals surface area (Å²) in [4.78, 5) is 14.6. The minimum atomic E-state index is 0.563. The lowest BCUT2D eigenvalue weighted by Crippen LogP contribution is -2.38. The van der Waals surface area contributed by atoms with Gasteiger partial charge in [-0.05, 0) is 13.0 Å². The molecule has 1 aromatic carbocycles. The Hall–Kier alpha value is -2.75. The molecule has 9 nitrogen and oxygen atoms in total. The highest BCUT2D eigenvalue weighted by Gasteiger charge is 2.25. The number of benzene rings is 1. The summed E-state index contributed by atoms with van der Waals surface area (Å²) in [7, 11) is 0. The number of anilines is 1. The number of hydrogen-bond acceptors (Lipinski definition) is 8. The SMILES string of the molecule is CCOc1c(CN2CCOCC2)nc(-c2cccc3[nH]ncc23)nc1N1CCOCC1. The lowest BCUT2D eigenvalue weighted by atomic mass is 10.1. The Morgan fingerprint density at radius 1 is 1.03 bits per heavy atom. The van der Waals surface area contributed by atoms with Crippen LogP contribution in [0.1, 0.15) is 12.6 Å². The van der Waals surface area contributed by atoms with Crippen molar-refractivity contribution >= 4 is 16.7 Å². The molecule has 31 heavy (non-hydrogen) atoms. The van der Waals surface area contributed by atoms with Crippen LogP contribution in [0.25, 0.3) is 22.3 Å². The van der Waals surface area contributed by atoms with Crippen LogP contribution in [-0.2, 0) is 16.0 Å². The summed E-state index contributed by atoms with van der Waals surface area (Å²) in [6.45, 7) is 9.44. The molecule has 0 atom stereocenters. The number of morpholine rings is 2. The Labute approximate surface area is 181 Å². The molecular formula is C22H28N6O3. The van der Waals surface area contributed by atoms with Crippen molar-refractivity contribution in [2.45, 2.75) is 13.5 Å². The van der Waals surface area contributed by atoms with Crippen LogP contribution in [0.5, 0.6) is 5.75 Å². The first-order valence-corrected chi connectivity index (χ1v) is 10.9. The van der Waals surface area contributed by atoms with Gasteiger partial charge in [0.2, 0.25) is 0 Å². The van der Waals surface area contributed by atoms with Crippen LogP contribution in [0, 0.1) is 0 Å². The molecule has 0 spiro atoms. The van der Waals surface area contributed by atoms with E-state index in [1.165, 1.54) is 0 Å². The first-order valence-electron chi connectivity index (χ1n) is 10.9. The van der Waals surface area contributed by atoms with E-state index >= 15 is 0 Å². The van der Waals surface area contributed by atoms with Crippen molar-refractivity contribution in [3.8, 4) is 17.1 Å². The van der Waals surface area contributed by atoms with Gasteiger partial charge in [0, 0.05) is 43.7 Å². The normalized spacial score (nSPS) is 17.9. The molecule has 2 aliphatic heterocycles. The summed E-state index contributed by atoms with van der Waals surface area (Å²) in [6.07, 6.45) is 1.83. The molecule has 164 valence electrons. The molecule has 9 heteroatoms. The fraction of sp³-hybridized carbons (Fsp3) is 0.500. The highest BCUT2D eigenvalue weighted by atomic mass is 16.5. The van der Waals surface area contributed by atoms with E-state index in [1.54, 1.807) is 0 Å². The molecule has 0 bridgehead atoms. The van der Waals surface area contributed by atoms with Crippen LogP contribution in [0.3, 0.4) is 0 Å². The topological polar surface area (TPSA) is 88.6 Å². The third kappa shape index (κ3) is 4.21. The molecule has 0 radical (unpaired) electrons.